The summed E-state index contributed by atoms with van der Waals surface area (Å²) in [5.74, 6) is -0.143. The first kappa shape index (κ1) is 30.5. The minimum absolute atomic E-state index is 0.0824. The Labute approximate surface area is 254 Å². The molecule has 2 aromatic heterocycles. The Bertz CT molecular complexity index is 1720. The van der Waals surface area contributed by atoms with Crippen LogP contribution in [-0.4, -0.2) is 54.9 Å². The molecule has 0 amide bonds. The van der Waals surface area contributed by atoms with Gasteiger partial charge in [0.1, 0.15) is 11.6 Å². The smallest absolute Gasteiger partial charge is 0.377 e. The molecular formula is C32H36FN5O4S. The fraction of sp³-hybridized carbons (Fsp3) is 0.406. The van der Waals surface area contributed by atoms with Gasteiger partial charge in [0.05, 0.1) is 36.8 Å². The standard InChI is InChI=1S/C32H36FN5O4S/c1-5-6-7-28-34-21(4)26(15-29(43)38-19(2)17-41-18-20(38)3)31(39)37(28)16-22-8-10-23(11-9-22)27-14-24(33)12-13-25(27)30-35-32(40)42-36-30/h8-14,19-20H,5-7,15-18H2,1-4H3,(H,35,36,40). The maximum absolute atomic E-state index is 14.3. The molecule has 43 heavy (non-hydrogen) atoms. The van der Waals surface area contributed by atoms with Crippen LogP contribution in [0.25, 0.3) is 22.5 Å². The lowest BCUT2D eigenvalue weighted by molar-refractivity contribution is -0.000121. The predicted molar refractivity (Wildman–Crippen MR) is 167 cm³/mol. The summed E-state index contributed by atoms with van der Waals surface area (Å²) in [5, 5.41) is 3.76. The number of unbranched alkanes of at least 4 members (excludes halogenated alkanes) is 1. The Morgan fingerprint density at radius 3 is 2.47 bits per heavy atom. The van der Waals surface area contributed by atoms with Gasteiger partial charge < -0.3 is 9.64 Å². The second-order valence-electron chi connectivity index (χ2n) is 11.1. The van der Waals surface area contributed by atoms with Crippen LogP contribution in [-0.2, 0) is 24.1 Å². The molecule has 3 heterocycles. The van der Waals surface area contributed by atoms with E-state index in [1.54, 1.807) is 10.6 Å². The highest BCUT2D eigenvalue weighted by molar-refractivity contribution is 7.80. The van der Waals surface area contributed by atoms with Crippen LogP contribution in [0.1, 0.15) is 56.3 Å². The number of hydrogen-bond acceptors (Lipinski definition) is 7. The average Bonchev–Trinajstić information content (AvgIpc) is 3.42. The van der Waals surface area contributed by atoms with E-state index in [1.165, 1.54) is 12.1 Å². The van der Waals surface area contributed by atoms with Gasteiger partial charge in [0.25, 0.3) is 5.56 Å². The van der Waals surface area contributed by atoms with Crippen molar-refractivity contribution < 1.29 is 13.7 Å². The molecule has 4 aromatic rings. The molecular weight excluding hydrogens is 569 g/mol. The monoisotopic (exact) mass is 605 g/mol. The molecule has 1 aliphatic rings. The van der Waals surface area contributed by atoms with E-state index < -0.39 is 11.6 Å². The topological polar surface area (TPSA) is 106 Å². The van der Waals surface area contributed by atoms with Gasteiger partial charge in [-0.15, -0.1) is 0 Å². The van der Waals surface area contributed by atoms with Gasteiger partial charge in [-0.3, -0.25) is 18.9 Å². The predicted octanol–water partition coefficient (Wildman–Crippen LogP) is 5.07. The highest BCUT2D eigenvalue weighted by Gasteiger charge is 2.28. The van der Waals surface area contributed by atoms with Gasteiger partial charge in [-0.25, -0.2) is 14.2 Å². The summed E-state index contributed by atoms with van der Waals surface area (Å²) < 4.78 is 26.3. The van der Waals surface area contributed by atoms with Gasteiger partial charge in [0, 0.05) is 29.7 Å². The first-order chi connectivity index (χ1) is 20.7. The number of thiocarbonyl (C=S) groups is 1. The summed E-state index contributed by atoms with van der Waals surface area (Å²) in [6.07, 6.45) is 2.93. The number of halogens is 1. The van der Waals surface area contributed by atoms with E-state index in [2.05, 4.69) is 40.3 Å². The molecule has 1 aliphatic heterocycles. The zero-order chi connectivity index (χ0) is 30.7. The number of rotatable bonds is 9. The van der Waals surface area contributed by atoms with Crippen LogP contribution in [0.15, 0.2) is 56.6 Å². The highest BCUT2D eigenvalue weighted by Crippen LogP contribution is 2.31. The van der Waals surface area contributed by atoms with Gasteiger partial charge in [-0.2, -0.15) is 0 Å². The first-order valence-electron chi connectivity index (χ1n) is 14.6. The Balaban J connectivity index is 1.46. The summed E-state index contributed by atoms with van der Waals surface area (Å²) >= 11 is 5.86. The van der Waals surface area contributed by atoms with Gasteiger partial charge in [-0.05, 0) is 62.1 Å². The number of aromatic amines is 1. The third kappa shape index (κ3) is 6.67. The van der Waals surface area contributed by atoms with Crippen molar-refractivity contribution in [3.63, 3.8) is 0 Å². The third-order valence-corrected chi connectivity index (χ3v) is 8.22. The van der Waals surface area contributed by atoms with Crippen molar-refractivity contribution in [2.24, 2.45) is 0 Å². The van der Waals surface area contributed by atoms with Crippen molar-refractivity contribution in [3.8, 4) is 22.5 Å². The number of nitrogens with one attached hydrogen (secondary N) is 1. The Morgan fingerprint density at radius 1 is 1.09 bits per heavy atom. The van der Waals surface area contributed by atoms with Crippen molar-refractivity contribution in [1.29, 1.82) is 0 Å². The zero-order valence-corrected chi connectivity index (χ0v) is 25.7. The quantitative estimate of drug-likeness (QED) is 0.264. The first-order valence-corrected chi connectivity index (χ1v) is 15.0. The zero-order valence-electron chi connectivity index (χ0n) is 24.9. The molecule has 2 aromatic carbocycles. The number of ether oxygens (including phenoxy) is 1. The molecule has 0 saturated carbocycles. The van der Waals surface area contributed by atoms with Crippen LogP contribution < -0.4 is 11.3 Å². The number of nitrogens with zero attached hydrogens (tertiary/aromatic N) is 4. The Hall–Kier alpha value is -3.96. The molecule has 2 unspecified atom stereocenters. The molecule has 2 atom stereocenters. The largest absolute Gasteiger partial charge is 0.439 e. The normalized spacial score (nSPS) is 16.9. The molecule has 1 fully saturated rings. The molecule has 0 radical (unpaired) electrons. The van der Waals surface area contributed by atoms with E-state index in [-0.39, 0.29) is 23.5 Å². The lowest BCUT2D eigenvalue weighted by Gasteiger charge is -2.40. The van der Waals surface area contributed by atoms with E-state index in [0.29, 0.717) is 55.0 Å². The van der Waals surface area contributed by atoms with Crippen molar-refractivity contribution in [1.82, 2.24) is 24.6 Å². The average molecular weight is 606 g/mol. The van der Waals surface area contributed by atoms with Crippen LogP contribution in [0.4, 0.5) is 4.39 Å². The van der Waals surface area contributed by atoms with E-state index in [9.17, 15) is 14.0 Å². The Kier molecular flexibility index (Phi) is 9.31. The highest BCUT2D eigenvalue weighted by atomic mass is 32.1. The second kappa shape index (κ2) is 13.1. The molecule has 1 N–H and O–H groups in total. The summed E-state index contributed by atoms with van der Waals surface area (Å²) in [5.41, 5.74) is 3.94. The minimum atomic E-state index is -0.689. The molecule has 0 bridgehead atoms. The number of hydrogen-bond donors (Lipinski definition) is 1. The number of aromatic nitrogens is 4. The SMILES string of the molecule is CCCCc1nc(C)c(CC(=S)N2C(C)COCC2C)c(=O)n1Cc1ccc(-c2cc(F)ccc2-c2noc(=O)[nH]2)cc1. The van der Waals surface area contributed by atoms with Crippen molar-refractivity contribution >= 4 is 17.2 Å². The molecule has 226 valence electrons. The summed E-state index contributed by atoms with van der Waals surface area (Å²) in [4.78, 5) is 35.9. The van der Waals surface area contributed by atoms with Crippen LogP contribution in [0.5, 0.6) is 0 Å². The lowest BCUT2D eigenvalue weighted by atomic mass is 9.98. The molecule has 1 saturated heterocycles. The Morgan fingerprint density at radius 2 is 1.81 bits per heavy atom. The number of H-pyrrole nitrogens is 1. The van der Waals surface area contributed by atoms with E-state index in [1.807, 2.05) is 31.2 Å². The van der Waals surface area contributed by atoms with Gasteiger partial charge in [0.15, 0.2) is 5.82 Å². The van der Waals surface area contributed by atoms with Crippen LogP contribution in [0.2, 0.25) is 0 Å². The maximum atomic E-state index is 14.3. The van der Waals surface area contributed by atoms with E-state index in [0.717, 1.165) is 34.8 Å². The van der Waals surface area contributed by atoms with Crippen LogP contribution in [0.3, 0.4) is 0 Å². The van der Waals surface area contributed by atoms with Crippen LogP contribution >= 0.6 is 12.2 Å². The lowest BCUT2D eigenvalue weighted by Crippen LogP contribution is -2.52. The molecule has 5 rings (SSSR count). The second-order valence-corrected chi connectivity index (χ2v) is 11.6. The summed E-state index contributed by atoms with van der Waals surface area (Å²) in [7, 11) is 0. The number of benzene rings is 2. The summed E-state index contributed by atoms with van der Waals surface area (Å²) in [6, 6.07) is 12.1. The number of aryl methyl sites for hydroxylation is 2. The van der Waals surface area contributed by atoms with Gasteiger partial charge >= 0.3 is 5.76 Å². The molecule has 0 aliphatic carbocycles. The van der Waals surface area contributed by atoms with Gasteiger partial charge in [-0.1, -0.05) is 55.0 Å². The minimum Gasteiger partial charge on any atom is -0.377 e. The fourth-order valence-corrected chi connectivity index (χ4v) is 6.17. The van der Waals surface area contributed by atoms with Crippen molar-refractivity contribution in [2.45, 2.75) is 72.0 Å². The van der Waals surface area contributed by atoms with Crippen LogP contribution in [0, 0.1) is 12.7 Å². The molecule has 11 heteroatoms. The third-order valence-electron chi connectivity index (χ3n) is 7.87. The van der Waals surface area contributed by atoms with Crippen molar-refractivity contribution in [3.05, 3.63) is 91.8 Å². The van der Waals surface area contributed by atoms with Gasteiger partial charge in [0.2, 0.25) is 0 Å². The molecule has 9 nitrogen and oxygen atoms in total. The summed E-state index contributed by atoms with van der Waals surface area (Å²) in [6.45, 7) is 9.71. The van der Waals surface area contributed by atoms with E-state index >= 15 is 0 Å². The fourth-order valence-electron chi connectivity index (χ4n) is 5.67. The maximum Gasteiger partial charge on any atom is 0.439 e. The van der Waals surface area contributed by atoms with Crippen molar-refractivity contribution in [2.75, 3.05) is 13.2 Å². The number of morpholine rings is 1. The molecule has 0 spiro atoms. The van der Waals surface area contributed by atoms with E-state index in [4.69, 9.17) is 21.9 Å².